The second-order valence-electron chi connectivity index (χ2n) is 5.72. The van der Waals surface area contributed by atoms with Gasteiger partial charge in [-0.3, -0.25) is 4.79 Å². The number of benzene rings is 2. The van der Waals surface area contributed by atoms with Crippen LogP contribution in [-0.2, 0) is 11.3 Å². The maximum atomic E-state index is 11.9. The molecule has 0 aliphatic carbocycles. The van der Waals surface area contributed by atoms with Crippen LogP contribution < -0.4 is 10.1 Å². The minimum absolute atomic E-state index is 0.00939. The van der Waals surface area contributed by atoms with Crippen LogP contribution in [0.2, 0.25) is 5.02 Å². The highest BCUT2D eigenvalue weighted by molar-refractivity contribution is 7.18. The number of rotatable bonds is 7. The van der Waals surface area contributed by atoms with Gasteiger partial charge in [-0.2, -0.15) is 0 Å². The van der Waals surface area contributed by atoms with Gasteiger partial charge in [0.25, 0.3) is 0 Å². The molecule has 6 heteroatoms. The number of fused-ring (bicyclic) bond motifs is 1. The van der Waals surface area contributed by atoms with Crippen molar-refractivity contribution < 1.29 is 9.53 Å². The largest absolute Gasteiger partial charge is 0.494 e. The van der Waals surface area contributed by atoms with Crippen molar-refractivity contribution >= 4 is 39.1 Å². The number of thiazole rings is 1. The topological polar surface area (TPSA) is 51.2 Å². The van der Waals surface area contributed by atoms with Gasteiger partial charge in [-0.25, -0.2) is 4.98 Å². The molecule has 0 aliphatic rings. The lowest BCUT2D eigenvalue weighted by Crippen LogP contribution is -2.22. The maximum Gasteiger partial charge on any atom is 0.220 e. The molecule has 1 aromatic heterocycles. The van der Waals surface area contributed by atoms with E-state index >= 15 is 0 Å². The first-order valence-electron chi connectivity index (χ1n) is 8.12. The molecular formula is C19H19ClN2O2S. The lowest BCUT2D eigenvalue weighted by atomic mass is 10.2. The summed E-state index contributed by atoms with van der Waals surface area (Å²) >= 11 is 7.59. The Hall–Kier alpha value is -2.11. The molecular weight excluding hydrogens is 356 g/mol. The van der Waals surface area contributed by atoms with E-state index in [-0.39, 0.29) is 5.91 Å². The molecule has 25 heavy (non-hydrogen) atoms. The van der Waals surface area contributed by atoms with E-state index in [1.165, 1.54) is 0 Å². The van der Waals surface area contributed by atoms with Gasteiger partial charge >= 0.3 is 0 Å². The molecule has 3 rings (SSSR count). The standard InChI is InChI=1S/C19H19ClN2O2S/c1-13-11-14(8-9-15(13)20)24-10-4-7-18(23)21-12-19-22-16-5-2-3-6-17(16)25-19/h2-3,5-6,8-9,11H,4,7,10,12H2,1H3,(H,21,23). The summed E-state index contributed by atoms with van der Waals surface area (Å²) in [7, 11) is 0. The predicted octanol–water partition coefficient (Wildman–Crippen LogP) is 4.73. The Kier molecular flexibility index (Phi) is 5.89. The first-order valence-corrected chi connectivity index (χ1v) is 9.31. The zero-order valence-electron chi connectivity index (χ0n) is 13.9. The fraction of sp³-hybridized carbons (Fsp3) is 0.263. The summed E-state index contributed by atoms with van der Waals surface area (Å²) in [5, 5.41) is 4.55. The number of aromatic nitrogens is 1. The normalized spacial score (nSPS) is 10.8. The summed E-state index contributed by atoms with van der Waals surface area (Å²) < 4.78 is 6.78. The van der Waals surface area contributed by atoms with Gasteiger partial charge in [0.05, 0.1) is 23.4 Å². The van der Waals surface area contributed by atoms with E-state index in [0.717, 1.165) is 31.6 Å². The Morgan fingerprint density at radius 2 is 2.12 bits per heavy atom. The third kappa shape index (κ3) is 4.94. The van der Waals surface area contributed by atoms with E-state index in [9.17, 15) is 4.79 Å². The zero-order valence-corrected chi connectivity index (χ0v) is 15.5. The number of para-hydroxylation sites is 1. The van der Waals surface area contributed by atoms with Gasteiger partial charge in [-0.1, -0.05) is 23.7 Å². The molecule has 130 valence electrons. The van der Waals surface area contributed by atoms with E-state index in [1.807, 2.05) is 49.4 Å². The van der Waals surface area contributed by atoms with Gasteiger partial charge in [0.2, 0.25) is 5.91 Å². The van der Waals surface area contributed by atoms with Gasteiger partial charge in [-0.05, 0) is 49.2 Å². The van der Waals surface area contributed by atoms with Gasteiger partial charge in [0.15, 0.2) is 0 Å². The van der Waals surface area contributed by atoms with Gasteiger partial charge in [0.1, 0.15) is 10.8 Å². The molecule has 1 N–H and O–H groups in total. The molecule has 4 nitrogen and oxygen atoms in total. The summed E-state index contributed by atoms with van der Waals surface area (Å²) in [5.74, 6) is 0.784. The highest BCUT2D eigenvalue weighted by atomic mass is 35.5. The minimum atomic E-state index is 0.00939. The van der Waals surface area contributed by atoms with Crippen molar-refractivity contribution in [3.8, 4) is 5.75 Å². The van der Waals surface area contributed by atoms with Crippen molar-refractivity contribution in [2.45, 2.75) is 26.3 Å². The SMILES string of the molecule is Cc1cc(OCCCC(=O)NCc2nc3ccccc3s2)ccc1Cl. The fourth-order valence-corrected chi connectivity index (χ4v) is 3.41. The zero-order chi connectivity index (χ0) is 17.6. The van der Waals surface area contributed by atoms with E-state index in [4.69, 9.17) is 16.3 Å². The molecule has 0 radical (unpaired) electrons. The van der Waals surface area contributed by atoms with E-state index in [0.29, 0.717) is 26.0 Å². The minimum Gasteiger partial charge on any atom is -0.494 e. The Labute approximate surface area is 155 Å². The third-order valence-corrected chi connectivity index (χ3v) is 5.18. The lowest BCUT2D eigenvalue weighted by molar-refractivity contribution is -0.121. The number of halogens is 1. The molecule has 0 saturated carbocycles. The molecule has 0 fully saturated rings. The van der Waals surface area contributed by atoms with Crippen LogP contribution >= 0.6 is 22.9 Å². The highest BCUT2D eigenvalue weighted by Gasteiger charge is 2.06. The van der Waals surface area contributed by atoms with Crippen molar-refractivity contribution in [3.63, 3.8) is 0 Å². The second kappa shape index (κ2) is 8.32. The number of amides is 1. The monoisotopic (exact) mass is 374 g/mol. The van der Waals surface area contributed by atoms with Crippen LogP contribution in [0.4, 0.5) is 0 Å². The molecule has 0 spiro atoms. The summed E-state index contributed by atoms with van der Waals surface area (Å²) in [6.07, 6.45) is 1.09. The molecule has 3 aromatic rings. The second-order valence-corrected chi connectivity index (χ2v) is 7.24. The Balaban J connectivity index is 1.38. The number of nitrogens with one attached hydrogen (secondary N) is 1. The number of hydrogen-bond acceptors (Lipinski definition) is 4. The molecule has 1 heterocycles. The van der Waals surface area contributed by atoms with E-state index in [1.54, 1.807) is 11.3 Å². The molecule has 1 amide bonds. The van der Waals surface area contributed by atoms with Crippen LogP contribution in [0.25, 0.3) is 10.2 Å². The van der Waals surface area contributed by atoms with Crippen molar-refractivity contribution in [1.82, 2.24) is 10.3 Å². The summed E-state index contributed by atoms with van der Waals surface area (Å²) in [4.78, 5) is 16.4. The van der Waals surface area contributed by atoms with Crippen LogP contribution in [-0.4, -0.2) is 17.5 Å². The maximum absolute atomic E-state index is 11.9. The number of aryl methyl sites for hydroxylation is 1. The molecule has 0 atom stereocenters. The molecule has 0 aliphatic heterocycles. The first-order chi connectivity index (χ1) is 12.1. The van der Waals surface area contributed by atoms with Crippen molar-refractivity contribution in [2.24, 2.45) is 0 Å². The van der Waals surface area contributed by atoms with Gasteiger partial charge < -0.3 is 10.1 Å². The molecule has 0 unspecified atom stereocenters. The van der Waals surface area contributed by atoms with E-state index < -0.39 is 0 Å². The van der Waals surface area contributed by atoms with Crippen molar-refractivity contribution in [3.05, 3.63) is 58.1 Å². The van der Waals surface area contributed by atoms with Crippen LogP contribution in [0.15, 0.2) is 42.5 Å². The summed E-state index contributed by atoms with van der Waals surface area (Å²) in [5.41, 5.74) is 1.95. The number of nitrogens with zero attached hydrogens (tertiary/aromatic N) is 1. The Morgan fingerprint density at radius 3 is 2.92 bits per heavy atom. The molecule has 2 aromatic carbocycles. The van der Waals surface area contributed by atoms with Crippen molar-refractivity contribution in [1.29, 1.82) is 0 Å². The number of carbonyl (C=O) groups is 1. The van der Waals surface area contributed by atoms with E-state index in [2.05, 4.69) is 10.3 Å². The summed E-state index contributed by atoms with van der Waals surface area (Å²) in [6, 6.07) is 13.5. The van der Waals surface area contributed by atoms with Crippen LogP contribution in [0.1, 0.15) is 23.4 Å². The smallest absolute Gasteiger partial charge is 0.220 e. The Bertz CT molecular complexity index is 846. The van der Waals surface area contributed by atoms with Crippen LogP contribution in [0.5, 0.6) is 5.75 Å². The third-order valence-electron chi connectivity index (χ3n) is 3.72. The summed E-state index contributed by atoms with van der Waals surface area (Å²) in [6.45, 7) is 2.90. The van der Waals surface area contributed by atoms with Crippen LogP contribution in [0, 0.1) is 6.92 Å². The Morgan fingerprint density at radius 1 is 1.28 bits per heavy atom. The van der Waals surface area contributed by atoms with Gasteiger partial charge in [0, 0.05) is 11.4 Å². The average Bonchev–Trinajstić information content (AvgIpc) is 3.03. The average molecular weight is 375 g/mol. The number of hydrogen-bond donors (Lipinski definition) is 1. The number of carbonyl (C=O) groups excluding carboxylic acids is 1. The molecule has 0 saturated heterocycles. The first kappa shape index (κ1) is 17.7. The van der Waals surface area contributed by atoms with Gasteiger partial charge in [-0.15, -0.1) is 11.3 Å². The fourth-order valence-electron chi connectivity index (χ4n) is 2.39. The lowest BCUT2D eigenvalue weighted by Gasteiger charge is -2.08. The predicted molar refractivity (Wildman–Crippen MR) is 102 cm³/mol. The van der Waals surface area contributed by atoms with Crippen LogP contribution in [0.3, 0.4) is 0 Å². The highest BCUT2D eigenvalue weighted by Crippen LogP contribution is 2.22. The van der Waals surface area contributed by atoms with Crippen molar-refractivity contribution in [2.75, 3.05) is 6.61 Å². The number of ether oxygens (including phenoxy) is 1. The quantitative estimate of drug-likeness (QED) is 0.608. The molecule has 0 bridgehead atoms.